The number of carbonyl (C=O) groups is 3. The van der Waals surface area contributed by atoms with Crippen molar-refractivity contribution in [1.29, 1.82) is 0 Å². The SMILES string of the molecule is Cc1nc(Nc2ncc(C(=O)Nc3c(C)cccc3Cl)s2)cc(N2CCN(CCOC(=O)CCSC(C)(C)SCCC(=O)OCCCNc3cc(-c4ccnc(Nc5cccc(Cl)c5)n4)ccn3)CC2)n1. The molecule has 374 valence electrons. The Labute approximate surface area is 436 Å². The highest BCUT2D eigenvalue weighted by Gasteiger charge is 2.23. The molecule has 5 heterocycles. The van der Waals surface area contributed by atoms with Crippen molar-refractivity contribution in [2.75, 3.05) is 90.2 Å². The summed E-state index contributed by atoms with van der Waals surface area (Å²) in [6.07, 6.45) is 6.17. The number of pyridine rings is 1. The normalized spacial score (nSPS) is 12.8. The number of benzene rings is 2. The Kier molecular flexibility index (Phi) is 19.5. The van der Waals surface area contributed by atoms with Crippen molar-refractivity contribution in [2.45, 2.75) is 51.0 Å². The van der Waals surface area contributed by atoms with Crippen LogP contribution in [0.25, 0.3) is 11.3 Å². The number of thioether (sulfide) groups is 2. The first kappa shape index (κ1) is 53.0. The summed E-state index contributed by atoms with van der Waals surface area (Å²) >= 11 is 17.0. The van der Waals surface area contributed by atoms with Crippen molar-refractivity contribution >= 4 is 116 Å². The lowest BCUT2D eigenvalue weighted by Crippen LogP contribution is -2.47. The summed E-state index contributed by atoms with van der Waals surface area (Å²) in [5, 5.41) is 14.2. The molecule has 6 aromatic rings. The number of amides is 1. The van der Waals surface area contributed by atoms with Crippen LogP contribution in [0.15, 0.2) is 85.3 Å². The average molecular weight is 1060 g/mol. The molecule has 22 heteroatoms. The number of nitrogens with one attached hydrogen (secondary N) is 4. The van der Waals surface area contributed by atoms with Gasteiger partial charge in [-0.15, -0.1) is 23.5 Å². The lowest BCUT2D eigenvalue weighted by Gasteiger charge is -2.35. The molecule has 71 heavy (non-hydrogen) atoms. The molecule has 0 radical (unpaired) electrons. The molecule has 0 aliphatic carbocycles. The van der Waals surface area contributed by atoms with Crippen LogP contribution < -0.4 is 26.2 Å². The van der Waals surface area contributed by atoms with Crippen molar-refractivity contribution in [3.8, 4) is 11.3 Å². The first-order valence-corrected chi connectivity index (χ1v) is 26.6. The van der Waals surface area contributed by atoms with Gasteiger partial charge >= 0.3 is 11.9 Å². The summed E-state index contributed by atoms with van der Waals surface area (Å²) in [4.78, 5) is 69.9. The Morgan fingerprint density at radius 2 is 1.55 bits per heavy atom. The molecular weight excluding hydrogens is 1000 g/mol. The molecule has 0 unspecified atom stereocenters. The standard InChI is InChI=1S/C49H56Cl2N12O5S3/c1-32-8-5-11-37(51)45(32)61-46(66)39-31-55-48(71-39)60-41-30-42(57-33(2)56-41)63-21-19-62(20-22-63)23-25-68-44(65)15-27-70-49(3,4)69-26-14-43(64)67-24-7-16-52-40-28-34(12-17-53-40)38-13-18-54-47(59-38)58-36-10-6-9-35(50)29-36/h5-6,8-13,17-18,28-31H,7,14-16,19-27H2,1-4H3,(H,52,53)(H,61,66)(H,54,58,59)(H,55,56,57,60). The number of aryl methyl sites for hydroxylation is 2. The van der Waals surface area contributed by atoms with Crippen LogP contribution in [-0.4, -0.2) is 121 Å². The van der Waals surface area contributed by atoms with Gasteiger partial charge in [0.15, 0.2) is 5.13 Å². The third-order valence-corrected chi connectivity index (χ3v) is 15.2. The van der Waals surface area contributed by atoms with E-state index in [9.17, 15) is 14.4 Å². The van der Waals surface area contributed by atoms with Crippen molar-refractivity contribution in [1.82, 2.24) is 34.8 Å². The maximum absolute atomic E-state index is 12.9. The van der Waals surface area contributed by atoms with Crippen molar-refractivity contribution < 1.29 is 23.9 Å². The highest BCUT2D eigenvalue weighted by atomic mass is 35.5. The molecule has 1 saturated heterocycles. The van der Waals surface area contributed by atoms with Gasteiger partial charge in [0.25, 0.3) is 5.91 Å². The summed E-state index contributed by atoms with van der Waals surface area (Å²) in [6.45, 7) is 12.8. The number of halogens is 2. The van der Waals surface area contributed by atoms with E-state index in [-0.39, 0.29) is 21.9 Å². The predicted octanol–water partition coefficient (Wildman–Crippen LogP) is 10.1. The van der Waals surface area contributed by atoms with E-state index in [1.54, 1.807) is 54.1 Å². The van der Waals surface area contributed by atoms with Gasteiger partial charge in [-0.05, 0) is 82.1 Å². The number of carbonyl (C=O) groups excluding carboxylic acids is 3. The molecule has 1 aliphatic heterocycles. The summed E-state index contributed by atoms with van der Waals surface area (Å²) in [6, 6.07) is 20.3. The summed E-state index contributed by atoms with van der Waals surface area (Å²) in [5.41, 5.74) is 3.85. The Bertz CT molecular complexity index is 2740. The lowest BCUT2D eigenvalue weighted by atomic mass is 10.2. The molecule has 0 spiro atoms. The molecular formula is C49H56Cl2N12O5S3. The molecule has 4 N–H and O–H groups in total. The molecule has 1 amide bonds. The monoisotopic (exact) mass is 1060 g/mol. The first-order chi connectivity index (χ1) is 34.2. The van der Waals surface area contributed by atoms with Crippen molar-refractivity contribution in [3.63, 3.8) is 0 Å². The van der Waals surface area contributed by atoms with E-state index in [0.29, 0.717) is 106 Å². The summed E-state index contributed by atoms with van der Waals surface area (Å²) in [7, 11) is 0. The fourth-order valence-corrected chi connectivity index (χ4v) is 10.7. The van der Waals surface area contributed by atoms with E-state index in [1.165, 1.54) is 17.5 Å². The summed E-state index contributed by atoms with van der Waals surface area (Å²) in [5.74, 6) is 3.60. The Morgan fingerprint density at radius 1 is 0.803 bits per heavy atom. The van der Waals surface area contributed by atoms with Gasteiger partial charge in [0.05, 0.1) is 46.1 Å². The number of hydrogen-bond donors (Lipinski definition) is 4. The second-order valence-corrected chi connectivity index (χ2v) is 22.2. The van der Waals surface area contributed by atoms with E-state index >= 15 is 0 Å². The van der Waals surface area contributed by atoms with Crippen LogP contribution in [0.2, 0.25) is 10.0 Å². The minimum atomic E-state index is -0.293. The van der Waals surface area contributed by atoms with Crippen LogP contribution in [0.5, 0.6) is 0 Å². The smallest absolute Gasteiger partial charge is 0.306 e. The van der Waals surface area contributed by atoms with Crippen LogP contribution in [0.3, 0.4) is 0 Å². The van der Waals surface area contributed by atoms with Gasteiger partial charge in [-0.2, -0.15) is 0 Å². The Hall–Kier alpha value is -5.77. The molecule has 0 atom stereocenters. The summed E-state index contributed by atoms with van der Waals surface area (Å²) < 4.78 is 10.9. The number of ether oxygens (including phenoxy) is 2. The second kappa shape index (κ2) is 26.1. The average Bonchev–Trinajstić information content (AvgIpc) is 3.81. The minimum Gasteiger partial charge on any atom is -0.466 e. The number of esters is 2. The molecule has 4 aromatic heterocycles. The van der Waals surface area contributed by atoms with Crippen LogP contribution in [0.1, 0.15) is 54.2 Å². The van der Waals surface area contributed by atoms with E-state index in [1.807, 2.05) is 62.4 Å². The maximum atomic E-state index is 12.9. The number of nitrogens with zero attached hydrogens (tertiary/aromatic N) is 8. The number of aromatic nitrogens is 6. The number of para-hydroxylation sites is 1. The molecule has 17 nitrogen and oxygen atoms in total. The minimum absolute atomic E-state index is 0.190. The zero-order chi connectivity index (χ0) is 50.2. The first-order valence-electron chi connectivity index (χ1n) is 23.0. The van der Waals surface area contributed by atoms with Gasteiger partial charge in [0, 0.05) is 85.5 Å². The molecule has 0 saturated carbocycles. The van der Waals surface area contributed by atoms with Gasteiger partial charge in [0.2, 0.25) is 5.95 Å². The van der Waals surface area contributed by atoms with Gasteiger partial charge in [0.1, 0.15) is 34.8 Å². The zero-order valence-electron chi connectivity index (χ0n) is 39.9. The number of thiazole rings is 1. The van der Waals surface area contributed by atoms with Crippen molar-refractivity contribution in [3.05, 3.63) is 112 Å². The largest absolute Gasteiger partial charge is 0.466 e. The highest BCUT2D eigenvalue weighted by Crippen LogP contribution is 2.37. The fraction of sp³-hybridized carbons (Fsp3) is 0.367. The van der Waals surface area contributed by atoms with Crippen LogP contribution in [0.4, 0.5) is 39.9 Å². The zero-order valence-corrected chi connectivity index (χ0v) is 43.8. The topological polar surface area (TPSA) is 202 Å². The number of anilines is 7. The Balaban J connectivity index is 0.718. The third-order valence-electron chi connectivity index (χ3n) is 10.8. The van der Waals surface area contributed by atoms with Crippen LogP contribution in [0, 0.1) is 13.8 Å². The molecule has 0 bridgehead atoms. The van der Waals surface area contributed by atoms with Crippen LogP contribution >= 0.6 is 58.1 Å². The van der Waals surface area contributed by atoms with E-state index < -0.39 is 0 Å². The second-order valence-electron chi connectivity index (χ2n) is 16.7. The fourth-order valence-electron chi connectivity index (χ4n) is 7.16. The van der Waals surface area contributed by atoms with Crippen molar-refractivity contribution in [2.24, 2.45) is 0 Å². The van der Waals surface area contributed by atoms with Gasteiger partial charge in [-0.25, -0.2) is 29.9 Å². The highest BCUT2D eigenvalue weighted by molar-refractivity contribution is 8.18. The third kappa shape index (κ3) is 16.9. The number of piperazine rings is 1. The predicted molar refractivity (Wildman–Crippen MR) is 288 cm³/mol. The molecule has 2 aromatic carbocycles. The van der Waals surface area contributed by atoms with Gasteiger partial charge in [-0.1, -0.05) is 52.7 Å². The Morgan fingerprint density at radius 3 is 2.31 bits per heavy atom. The van der Waals surface area contributed by atoms with Crippen LogP contribution in [-0.2, 0) is 19.1 Å². The lowest BCUT2D eigenvalue weighted by molar-refractivity contribution is -0.144. The van der Waals surface area contributed by atoms with E-state index in [2.05, 4.69) is 74.8 Å². The number of rotatable bonds is 24. The maximum Gasteiger partial charge on any atom is 0.306 e. The molecule has 7 rings (SSSR count). The molecule has 1 fully saturated rings. The van der Waals surface area contributed by atoms with E-state index in [0.717, 1.165) is 54.5 Å². The number of hydrogen-bond acceptors (Lipinski definition) is 19. The molecule has 1 aliphatic rings. The van der Waals surface area contributed by atoms with Gasteiger partial charge in [-0.3, -0.25) is 19.3 Å². The quantitative estimate of drug-likeness (QED) is 0.0253. The van der Waals surface area contributed by atoms with E-state index in [4.69, 9.17) is 32.7 Å². The van der Waals surface area contributed by atoms with Gasteiger partial charge < -0.3 is 35.6 Å².